The second kappa shape index (κ2) is 11.4. The van der Waals surface area contributed by atoms with E-state index in [0.717, 1.165) is 22.4 Å². The van der Waals surface area contributed by atoms with Crippen molar-refractivity contribution in [2.24, 2.45) is 4.99 Å². The van der Waals surface area contributed by atoms with Gasteiger partial charge < -0.3 is 18.9 Å². The van der Waals surface area contributed by atoms with Crippen LogP contribution < -0.4 is 0 Å². The van der Waals surface area contributed by atoms with Crippen LogP contribution in [0.15, 0.2) is 96.0 Å². The molecule has 1 fully saturated rings. The fraction of sp³-hybridized carbons (Fsp3) is 0.310. The zero-order valence-electron chi connectivity index (χ0n) is 20.3. The highest BCUT2D eigenvalue weighted by Gasteiger charge is 2.49. The monoisotopic (exact) mass is 473 g/mol. The SMILES string of the molecule is COC(=O)[C@H]1OC(C)(C)O[C@H]1C(COCc1ccccc1)N=C(c1ccccc1)c1ccccc1. The number of carbonyl (C=O) groups is 1. The molecular formula is C29H31NO5. The van der Waals surface area contributed by atoms with E-state index in [-0.39, 0.29) is 6.61 Å². The third-order valence-corrected chi connectivity index (χ3v) is 5.73. The number of hydrogen-bond donors (Lipinski definition) is 0. The zero-order chi connectivity index (χ0) is 24.7. The third-order valence-electron chi connectivity index (χ3n) is 5.73. The van der Waals surface area contributed by atoms with Gasteiger partial charge in [0, 0.05) is 11.1 Å². The number of ether oxygens (including phenoxy) is 4. The Balaban J connectivity index is 1.71. The second-order valence-corrected chi connectivity index (χ2v) is 8.82. The smallest absolute Gasteiger partial charge is 0.337 e. The lowest BCUT2D eigenvalue weighted by atomic mass is 10.0. The third kappa shape index (κ3) is 6.42. The molecule has 0 aromatic heterocycles. The molecule has 0 amide bonds. The topological polar surface area (TPSA) is 66.4 Å². The minimum atomic E-state index is -0.962. The summed E-state index contributed by atoms with van der Waals surface area (Å²) in [5, 5.41) is 0. The summed E-state index contributed by atoms with van der Waals surface area (Å²) < 4.78 is 23.3. The van der Waals surface area contributed by atoms with Gasteiger partial charge in [0.2, 0.25) is 0 Å². The van der Waals surface area contributed by atoms with Crippen molar-refractivity contribution in [3.05, 3.63) is 108 Å². The average Bonchev–Trinajstić information content (AvgIpc) is 3.22. The second-order valence-electron chi connectivity index (χ2n) is 8.82. The van der Waals surface area contributed by atoms with Gasteiger partial charge in [-0.05, 0) is 19.4 Å². The standard InChI is InChI=1S/C29H31NO5/c1-29(2)34-26(27(35-29)28(31)32-3)24(20-33-19-21-13-7-4-8-14-21)30-25(22-15-9-5-10-16-22)23-17-11-6-12-18-23/h4-18,24,26-27H,19-20H2,1-3H3/t24?,26-,27-/m0/s1. The maximum Gasteiger partial charge on any atom is 0.337 e. The Morgan fingerprint density at radius 2 is 1.43 bits per heavy atom. The fourth-order valence-electron chi connectivity index (χ4n) is 4.12. The summed E-state index contributed by atoms with van der Waals surface area (Å²) in [5.41, 5.74) is 3.76. The molecule has 1 saturated heterocycles. The lowest BCUT2D eigenvalue weighted by Gasteiger charge is -2.24. The van der Waals surface area contributed by atoms with Gasteiger partial charge in [-0.1, -0.05) is 91.0 Å². The molecule has 4 rings (SSSR count). The first-order valence-corrected chi connectivity index (χ1v) is 11.7. The summed E-state index contributed by atoms with van der Waals surface area (Å²) in [7, 11) is 1.34. The first-order chi connectivity index (χ1) is 17.0. The summed E-state index contributed by atoms with van der Waals surface area (Å²) in [6.45, 7) is 4.21. The predicted molar refractivity (Wildman–Crippen MR) is 134 cm³/mol. The van der Waals surface area contributed by atoms with Crippen LogP contribution in [-0.4, -0.2) is 49.4 Å². The molecule has 0 spiro atoms. The van der Waals surface area contributed by atoms with Crippen LogP contribution in [0.5, 0.6) is 0 Å². The van der Waals surface area contributed by atoms with E-state index >= 15 is 0 Å². The van der Waals surface area contributed by atoms with E-state index in [2.05, 4.69) is 0 Å². The number of hydrogen-bond acceptors (Lipinski definition) is 6. The van der Waals surface area contributed by atoms with Crippen LogP contribution in [0.25, 0.3) is 0 Å². The van der Waals surface area contributed by atoms with Gasteiger partial charge in [-0.25, -0.2) is 4.79 Å². The summed E-state index contributed by atoms with van der Waals surface area (Å²) >= 11 is 0. The molecule has 0 N–H and O–H groups in total. The van der Waals surface area contributed by atoms with Crippen molar-refractivity contribution >= 4 is 11.7 Å². The molecule has 1 unspecified atom stereocenters. The van der Waals surface area contributed by atoms with Crippen LogP contribution in [0.1, 0.15) is 30.5 Å². The summed E-state index contributed by atoms with van der Waals surface area (Å²) in [5.74, 6) is -1.46. The van der Waals surface area contributed by atoms with Crippen molar-refractivity contribution in [1.29, 1.82) is 0 Å². The van der Waals surface area contributed by atoms with Gasteiger partial charge >= 0.3 is 5.97 Å². The van der Waals surface area contributed by atoms with Crippen LogP contribution in [0.2, 0.25) is 0 Å². The van der Waals surface area contributed by atoms with Crippen LogP contribution in [0.3, 0.4) is 0 Å². The number of carbonyl (C=O) groups excluding carboxylic acids is 1. The molecule has 3 aromatic carbocycles. The quantitative estimate of drug-likeness (QED) is 0.330. The fourth-order valence-corrected chi connectivity index (χ4v) is 4.12. The molecule has 3 aromatic rings. The molecule has 0 bridgehead atoms. The molecule has 6 heteroatoms. The highest BCUT2D eigenvalue weighted by atomic mass is 16.8. The Bertz CT molecular complexity index is 1070. The number of methoxy groups -OCH3 is 1. The van der Waals surface area contributed by atoms with E-state index in [9.17, 15) is 4.79 Å². The molecule has 0 aliphatic carbocycles. The van der Waals surface area contributed by atoms with Crippen molar-refractivity contribution < 1.29 is 23.7 Å². The Kier molecular flexibility index (Phi) is 8.08. The zero-order valence-corrected chi connectivity index (χ0v) is 20.3. The Morgan fingerprint density at radius 1 is 0.886 bits per heavy atom. The minimum Gasteiger partial charge on any atom is -0.467 e. The predicted octanol–water partition coefficient (Wildman–Crippen LogP) is 4.80. The molecular weight excluding hydrogens is 442 g/mol. The molecule has 182 valence electrons. The van der Waals surface area contributed by atoms with Gasteiger partial charge in [-0.3, -0.25) is 4.99 Å². The molecule has 1 aliphatic rings. The lowest BCUT2D eigenvalue weighted by molar-refractivity contribution is -0.168. The van der Waals surface area contributed by atoms with Crippen molar-refractivity contribution in [2.45, 2.75) is 44.5 Å². The van der Waals surface area contributed by atoms with Gasteiger partial charge in [0.25, 0.3) is 0 Å². The molecule has 1 aliphatic heterocycles. The van der Waals surface area contributed by atoms with Gasteiger partial charge in [-0.15, -0.1) is 0 Å². The molecule has 0 saturated carbocycles. The summed E-state index contributed by atoms with van der Waals surface area (Å²) in [6, 6.07) is 29.3. The largest absolute Gasteiger partial charge is 0.467 e. The highest BCUT2D eigenvalue weighted by molar-refractivity contribution is 6.13. The average molecular weight is 474 g/mol. The number of benzene rings is 3. The molecule has 3 atom stereocenters. The lowest BCUT2D eigenvalue weighted by Crippen LogP contribution is -2.42. The van der Waals surface area contributed by atoms with Gasteiger partial charge in [0.05, 0.1) is 26.0 Å². The van der Waals surface area contributed by atoms with E-state index in [1.54, 1.807) is 13.8 Å². The summed E-state index contributed by atoms with van der Waals surface area (Å²) in [6.07, 6.45) is -1.60. The van der Waals surface area contributed by atoms with Crippen LogP contribution in [0.4, 0.5) is 0 Å². The number of esters is 1. The number of rotatable bonds is 9. The van der Waals surface area contributed by atoms with E-state index in [1.807, 2.05) is 91.0 Å². The maximum absolute atomic E-state index is 12.6. The first-order valence-electron chi connectivity index (χ1n) is 11.7. The Hall–Kier alpha value is -3.32. The van der Waals surface area contributed by atoms with E-state index in [1.165, 1.54) is 7.11 Å². The van der Waals surface area contributed by atoms with E-state index in [0.29, 0.717) is 6.61 Å². The van der Waals surface area contributed by atoms with Gasteiger partial charge in [0.1, 0.15) is 12.1 Å². The minimum absolute atomic E-state index is 0.232. The van der Waals surface area contributed by atoms with Crippen molar-refractivity contribution in [2.75, 3.05) is 13.7 Å². The molecule has 1 heterocycles. The van der Waals surface area contributed by atoms with E-state index < -0.39 is 30.0 Å². The maximum atomic E-state index is 12.6. The van der Waals surface area contributed by atoms with Crippen LogP contribution in [-0.2, 0) is 30.3 Å². The van der Waals surface area contributed by atoms with Gasteiger partial charge in [0.15, 0.2) is 11.9 Å². The Labute approximate surface area is 206 Å². The summed E-state index contributed by atoms with van der Waals surface area (Å²) in [4.78, 5) is 17.8. The number of nitrogens with zero attached hydrogens (tertiary/aromatic N) is 1. The highest BCUT2D eigenvalue weighted by Crippen LogP contribution is 2.32. The molecule has 35 heavy (non-hydrogen) atoms. The van der Waals surface area contributed by atoms with Crippen LogP contribution in [0, 0.1) is 0 Å². The van der Waals surface area contributed by atoms with E-state index in [4.69, 9.17) is 23.9 Å². The number of aliphatic imine (C=N–C) groups is 1. The van der Waals surface area contributed by atoms with Crippen molar-refractivity contribution in [1.82, 2.24) is 0 Å². The molecule has 0 radical (unpaired) electrons. The van der Waals surface area contributed by atoms with Crippen molar-refractivity contribution in [3.8, 4) is 0 Å². The van der Waals surface area contributed by atoms with Crippen molar-refractivity contribution in [3.63, 3.8) is 0 Å². The van der Waals surface area contributed by atoms with Gasteiger partial charge in [-0.2, -0.15) is 0 Å². The molecule has 6 nitrogen and oxygen atoms in total. The normalized spacial score (nSPS) is 19.6. The first kappa shape index (κ1) is 24.8. The Morgan fingerprint density at radius 3 is 1.97 bits per heavy atom. The van der Waals surface area contributed by atoms with Crippen LogP contribution >= 0.6 is 0 Å².